The van der Waals surface area contributed by atoms with E-state index in [0.29, 0.717) is 18.1 Å². The van der Waals surface area contributed by atoms with E-state index >= 15 is 0 Å². The van der Waals surface area contributed by atoms with E-state index in [-0.39, 0.29) is 23.0 Å². The van der Waals surface area contributed by atoms with Crippen LogP contribution in [0.15, 0.2) is 44.9 Å². The van der Waals surface area contributed by atoms with Gasteiger partial charge in [-0.2, -0.15) is 13.1 Å². The van der Waals surface area contributed by atoms with E-state index in [0.717, 1.165) is 16.9 Å². The van der Waals surface area contributed by atoms with Crippen LogP contribution in [-0.4, -0.2) is 52.5 Å². The molecule has 11 heteroatoms. The summed E-state index contributed by atoms with van der Waals surface area (Å²) < 4.78 is 56.0. The van der Waals surface area contributed by atoms with Crippen molar-refractivity contribution >= 4 is 27.3 Å². The van der Waals surface area contributed by atoms with Gasteiger partial charge in [0.2, 0.25) is 0 Å². The fourth-order valence-corrected chi connectivity index (χ4v) is 4.85. The first-order valence-corrected chi connectivity index (χ1v) is 11.0. The molecule has 7 nitrogen and oxygen atoms in total. The van der Waals surface area contributed by atoms with Gasteiger partial charge < -0.3 is 15.4 Å². The molecule has 0 saturated heterocycles. The molecule has 1 heterocycles. The Kier molecular flexibility index (Phi) is 8.35. The van der Waals surface area contributed by atoms with Gasteiger partial charge in [-0.05, 0) is 24.4 Å². The van der Waals surface area contributed by atoms with Gasteiger partial charge in [-0.15, -0.1) is 11.3 Å². The number of ether oxygens (including phenoxy) is 1. The van der Waals surface area contributed by atoms with E-state index < -0.39 is 16.6 Å². The summed E-state index contributed by atoms with van der Waals surface area (Å²) in [4.78, 5) is 4.06. The normalized spacial score (nSPS) is 12.4. The van der Waals surface area contributed by atoms with Gasteiger partial charge in [0.25, 0.3) is 10.0 Å². The third-order valence-corrected chi connectivity index (χ3v) is 7.21. The molecule has 0 radical (unpaired) electrons. The Labute approximate surface area is 173 Å². The number of aryl methyl sites for hydroxylation is 1. The minimum absolute atomic E-state index is 0.0929. The Morgan fingerprint density at radius 1 is 1.31 bits per heavy atom. The molecule has 0 aliphatic carbocycles. The third-order valence-electron chi connectivity index (χ3n) is 3.98. The lowest BCUT2D eigenvalue weighted by Crippen LogP contribution is -2.41. The summed E-state index contributed by atoms with van der Waals surface area (Å²) in [5.74, 6) is 0.506. The van der Waals surface area contributed by atoms with Crippen LogP contribution in [0.2, 0.25) is 0 Å². The molecule has 1 aromatic heterocycles. The van der Waals surface area contributed by atoms with Crippen molar-refractivity contribution in [2.45, 2.75) is 24.3 Å². The second-order valence-electron chi connectivity index (χ2n) is 6.10. The van der Waals surface area contributed by atoms with Gasteiger partial charge in [0.05, 0.1) is 0 Å². The van der Waals surface area contributed by atoms with Crippen molar-refractivity contribution < 1.29 is 21.9 Å². The molecule has 2 aromatic rings. The predicted octanol–water partition coefficient (Wildman–Crippen LogP) is 2.64. The van der Waals surface area contributed by atoms with Gasteiger partial charge in [-0.25, -0.2) is 8.42 Å². The molecule has 160 valence electrons. The number of hydrogen-bond acceptors (Lipinski definition) is 5. The molecule has 29 heavy (non-hydrogen) atoms. The Bertz CT molecular complexity index is 919. The fraction of sp³-hybridized carbons (Fsp3) is 0.389. The minimum Gasteiger partial charge on any atom is -0.434 e. The summed E-state index contributed by atoms with van der Waals surface area (Å²) >= 11 is 1.16. The summed E-state index contributed by atoms with van der Waals surface area (Å²) in [6.07, 6.45) is 0. The quantitative estimate of drug-likeness (QED) is 0.457. The van der Waals surface area contributed by atoms with Crippen LogP contribution in [0.3, 0.4) is 0 Å². The summed E-state index contributed by atoms with van der Waals surface area (Å²) in [5.41, 5.74) is 1.47. The summed E-state index contributed by atoms with van der Waals surface area (Å²) in [6.45, 7) is -0.297. The molecule has 2 rings (SSSR count). The number of hydrogen-bond donors (Lipinski definition) is 2. The highest BCUT2D eigenvalue weighted by Gasteiger charge is 2.21. The summed E-state index contributed by atoms with van der Waals surface area (Å²) in [6, 6.07) is 8.19. The number of thiophene rings is 1. The van der Waals surface area contributed by atoms with Crippen LogP contribution in [0.4, 0.5) is 8.78 Å². The Balaban J connectivity index is 1.90. The number of guanidine groups is 1. The predicted molar refractivity (Wildman–Crippen MR) is 110 cm³/mol. The maximum Gasteiger partial charge on any atom is 0.387 e. The minimum atomic E-state index is -3.51. The molecule has 2 N–H and O–H groups in total. The lowest BCUT2D eigenvalue weighted by Gasteiger charge is -2.18. The molecule has 0 spiro atoms. The van der Waals surface area contributed by atoms with E-state index in [2.05, 4.69) is 20.4 Å². The zero-order valence-corrected chi connectivity index (χ0v) is 18.0. The highest BCUT2D eigenvalue weighted by atomic mass is 32.2. The number of sulfonamides is 1. The molecule has 1 aromatic carbocycles. The number of nitrogens with zero attached hydrogens (tertiary/aromatic N) is 2. The van der Waals surface area contributed by atoms with Crippen molar-refractivity contribution in [3.05, 3.63) is 46.8 Å². The second kappa shape index (κ2) is 10.5. The summed E-state index contributed by atoms with van der Waals surface area (Å²) in [7, 11) is -0.442. The Morgan fingerprint density at radius 2 is 2.07 bits per heavy atom. The zero-order chi connectivity index (χ0) is 21.4. The number of aliphatic imine (C=N–C) groups is 1. The molecule has 0 unspecified atom stereocenters. The SMILES string of the molecule is CN=C(NCCN(C)S(=O)(=O)c1cccs1)NCc1cc(C)ccc1OC(F)F. The Morgan fingerprint density at radius 3 is 2.69 bits per heavy atom. The van der Waals surface area contributed by atoms with Gasteiger partial charge >= 0.3 is 6.61 Å². The molecule has 0 fully saturated rings. The van der Waals surface area contributed by atoms with Crippen LogP contribution in [0, 0.1) is 6.92 Å². The molecule has 0 atom stereocenters. The molecule has 0 amide bonds. The van der Waals surface area contributed by atoms with Gasteiger partial charge in [-0.1, -0.05) is 23.8 Å². The average molecular weight is 447 g/mol. The smallest absolute Gasteiger partial charge is 0.387 e. The number of halogens is 2. The standard InChI is InChI=1S/C18H24F2N4O3S2/c1-13-6-7-15(27-17(19)20)14(11-13)12-23-18(21-2)22-8-9-24(3)29(25,26)16-5-4-10-28-16/h4-7,10-11,17H,8-9,12H2,1-3H3,(H2,21,22,23). The fourth-order valence-electron chi connectivity index (χ4n) is 2.47. The van der Waals surface area contributed by atoms with E-state index in [1.54, 1.807) is 36.7 Å². The monoisotopic (exact) mass is 446 g/mol. The second-order valence-corrected chi connectivity index (χ2v) is 9.32. The third kappa shape index (κ3) is 6.65. The van der Waals surface area contributed by atoms with Crippen molar-refractivity contribution in [3.63, 3.8) is 0 Å². The van der Waals surface area contributed by atoms with E-state index in [1.165, 1.54) is 17.4 Å². The highest BCUT2D eigenvalue weighted by molar-refractivity contribution is 7.91. The van der Waals surface area contributed by atoms with Crippen LogP contribution >= 0.6 is 11.3 Å². The van der Waals surface area contributed by atoms with Crippen molar-refractivity contribution in [2.24, 2.45) is 4.99 Å². The first-order chi connectivity index (χ1) is 13.7. The maximum absolute atomic E-state index is 12.6. The van der Waals surface area contributed by atoms with Crippen molar-refractivity contribution in [2.75, 3.05) is 27.2 Å². The van der Waals surface area contributed by atoms with Crippen molar-refractivity contribution in [3.8, 4) is 5.75 Å². The average Bonchev–Trinajstić information content (AvgIpc) is 3.21. The maximum atomic E-state index is 12.6. The van der Waals surface area contributed by atoms with E-state index in [4.69, 9.17) is 0 Å². The lowest BCUT2D eigenvalue weighted by atomic mass is 10.1. The molecule has 0 aliphatic heterocycles. The van der Waals surface area contributed by atoms with E-state index in [1.807, 2.05) is 6.92 Å². The molecule has 0 bridgehead atoms. The number of likely N-dealkylation sites (N-methyl/N-ethyl adjacent to an activating group) is 1. The number of rotatable bonds is 9. The molecular weight excluding hydrogens is 422 g/mol. The van der Waals surface area contributed by atoms with Crippen LogP contribution in [-0.2, 0) is 16.6 Å². The topological polar surface area (TPSA) is 83.0 Å². The van der Waals surface area contributed by atoms with Crippen LogP contribution in [0.5, 0.6) is 5.75 Å². The molecule has 0 saturated carbocycles. The van der Waals surface area contributed by atoms with Crippen molar-refractivity contribution in [1.82, 2.24) is 14.9 Å². The van der Waals surface area contributed by atoms with Gasteiger partial charge in [0, 0.05) is 39.3 Å². The van der Waals surface area contributed by atoms with Crippen LogP contribution in [0.1, 0.15) is 11.1 Å². The number of alkyl halides is 2. The van der Waals surface area contributed by atoms with E-state index in [9.17, 15) is 17.2 Å². The number of nitrogens with one attached hydrogen (secondary N) is 2. The first-order valence-electron chi connectivity index (χ1n) is 8.72. The summed E-state index contributed by atoms with van der Waals surface area (Å²) in [5, 5.41) is 7.74. The zero-order valence-electron chi connectivity index (χ0n) is 16.4. The molecule has 0 aliphatic rings. The lowest BCUT2D eigenvalue weighted by molar-refractivity contribution is -0.0504. The Hall–Kier alpha value is -2.24. The molecular formula is C18H24F2N4O3S2. The van der Waals surface area contributed by atoms with Crippen LogP contribution < -0.4 is 15.4 Å². The van der Waals surface area contributed by atoms with Gasteiger partial charge in [0.1, 0.15) is 9.96 Å². The van der Waals surface area contributed by atoms with Gasteiger partial charge in [-0.3, -0.25) is 4.99 Å². The highest BCUT2D eigenvalue weighted by Crippen LogP contribution is 2.22. The van der Waals surface area contributed by atoms with Gasteiger partial charge in [0.15, 0.2) is 5.96 Å². The van der Waals surface area contributed by atoms with Crippen LogP contribution in [0.25, 0.3) is 0 Å². The first kappa shape index (κ1) is 23.0. The van der Waals surface area contributed by atoms with Crippen molar-refractivity contribution in [1.29, 1.82) is 0 Å². The largest absolute Gasteiger partial charge is 0.434 e. The number of benzene rings is 1.